The first kappa shape index (κ1) is 22.7. The van der Waals surface area contributed by atoms with Crippen LogP contribution in [0.5, 0.6) is 0 Å². The van der Waals surface area contributed by atoms with E-state index in [2.05, 4.69) is 10.3 Å². The zero-order chi connectivity index (χ0) is 21.6. The summed E-state index contributed by atoms with van der Waals surface area (Å²) in [6, 6.07) is 5.17. The largest absolute Gasteiger partial charge is 0.456 e. The molecule has 0 bridgehead atoms. The molecular weight excluding hydrogens is 411 g/mol. The van der Waals surface area contributed by atoms with Crippen molar-refractivity contribution in [3.63, 3.8) is 0 Å². The Bertz CT molecular complexity index is 837. The highest BCUT2D eigenvalue weighted by Gasteiger charge is 2.30. The van der Waals surface area contributed by atoms with Gasteiger partial charge in [0.25, 0.3) is 5.91 Å². The predicted octanol–water partition coefficient (Wildman–Crippen LogP) is 3.99. The van der Waals surface area contributed by atoms with Gasteiger partial charge in [-0.25, -0.2) is 9.78 Å². The van der Waals surface area contributed by atoms with Gasteiger partial charge in [0.2, 0.25) is 0 Å². The van der Waals surface area contributed by atoms with Gasteiger partial charge in [-0.15, -0.1) is 0 Å². The van der Waals surface area contributed by atoms with E-state index in [1.165, 1.54) is 18.3 Å². The van der Waals surface area contributed by atoms with Crippen molar-refractivity contribution in [2.75, 3.05) is 0 Å². The molecule has 10 heteroatoms. The van der Waals surface area contributed by atoms with Gasteiger partial charge in [0.1, 0.15) is 25.0 Å². The molecule has 1 N–H and O–H groups in total. The summed E-state index contributed by atoms with van der Waals surface area (Å²) in [6.07, 6.45) is -1.50. The normalized spacial score (nSPS) is 13.6. The molecule has 2 rings (SSSR count). The highest BCUT2D eigenvalue weighted by molar-refractivity contribution is 6.30. The van der Waals surface area contributed by atoms with Crippen molar-refractivity contribution in [1.82, 2.24) is 14.9 Å². The summed E-state index contributed by atoms with van der Waals surface area (Å²) in [7, 11) is 0. The van der Waals surface area contributed by atoms with Gasteiger partial charge in [-0.2, -0.15) is 13.2 Å². The lowest BCUT2D eigenvalue weighted by molar-refractivity contribution is -0.149. The standard InChI is InChI=1S/C19H21ClF3N3O3/c1-3-12(2)16(25-17(27)13-4-6-14(20)7-5-13)18(28)29-10-15-24-8-9-26(15)11-19(21,22)23/h4-9,12,16H,3,10-11H2,1-2H3,(H,25,27)/t12-,16+/m0/s1. The van der Waals surface area contributed by atoms with Crippen LogP contribution in [0.2, 0.25) is 5.02 Å². The average Bonchev–Trinajstić information content (AvgIpc) is 3.09. The van der Waals surface area contributed by atoms with Crippen LogP contribution in [-0.4, -0.2) is 33.6 Å². The maximum Gasteiger partial charge on any atom is 0.406 e. The quantitative estimate of drug-likeness (QED) is 0.641. The number of nitrogens with zero attached hydrogens (tertiary/aromatic N) is 2. The lowest BCUT2D eigenvalue weighted by atomic mass is 9.99. The Morgan fingerprint density at radius 2 is 1.93 bits per heavy atom. The van der Waals surface area contributed by atoms with Crippen molar-refractivity contribution >= 4 is 23.5 Å². The first-order valence-corrected chi connectivity index (χ1v) is 9.28. The van der Waals surface area contributed by atoms with Gasteiger partial charge < -0.3 is 14.6 Å². The zero-order valence-electron chi connectivity index (χ0n) is 15.9. The van der Waals surface area contributed by atoms with Crippen molar-refractivity contribution in [2.45, 2.75) is 45.6 Å². The number of carbonyl (C=O) groups is 2. The van der Waals surface area contributed by atoms with E-state index >= 15 is 0 Å². The molecule has 1 heterocycles. The van der Waals surface area contributed by atoms with Crippen LogP contribution in [0.25, 0.3) is 0 Å². The van der Waals surface area contributed by atoms with E-state index in [4.69, 9.17) is 16.3 Å². The maximum absolute atomic E-state index is 12.6. The molecule has 1 amide bonds. The Morgan fingerprint density at radius 3 is 2.52 bits per heavy atom. The fourth-order valence-electron chi connectivity index (χ4n) is 2.54. The smallest absolute Gasteiger partial charge is 0.406 e. The molecule has 0 saturated heterocycles. The van der Waals surface area contributed by atoms with E-state index in [1.54, 1.807) is 19.1 Å². The molecular formula is C19H21ClF3N3O3. The van der Waals surface area contributed by atoms with E-state index in [9.17, 15) is 22.8 Å². The molecule has 0 saturated carbocycles. The van der Waals surface area contributed by atoms with Crippen LogP contribution in [-0.2, 0) is 22.7 Å². The first-order valence-electron chi connectivity index (χ1n) is 8.90. The second-order valence-electron chi connectivity index (χ2n) is 6.54. The number of hydrogen-bond donors (Lipinski definition) is 1. The number of imidazole rings is 1. The van der Waals surface area contributed by atoms with Crippen molar-refractivity contribution < 1.29 is 27.5 Å². The van der Waals surface area contributed by atoms with E-state index in [1.807, 2.05) is 6.92 Å². The lowest BCUT2D eigenvalue weighted by Gasteiger charge is -2.23. The van der Waals surface area contributed by atoms with Crippen molar-refractivity contribution in [3.8, 4) is 0 Å². The van der Waals surface area contributed by atoms with Crippen LogP contribution < -0.4 is 5.32 Å². The summed E-state index contributed by atoms with van der Waals surface area (Å²) in [5.74, 6) is -1.53. The fraction of sp³-hybridized carbons (Fsp3) is 0.421. The van der Waals surface area contributed by atoms with Gasteiger partial charge in [0.15, 0.2) is 0 Å². The number of halogens is 4. The van der Waals surface area contributed by atoms with Gasteiger partial charge >= 0.3 is 12.1 Å². The topological polar surface area (TPSA) is 73.2 Å². The third-order valence-electron chi connectivity index (χ3n) is 4.35. The molecule has 0 radical (unpaired) electrons. The highest BCUT2D eigenvalue weighted by Crippen LogP contribution is 2.19. The molecule has 2 aromatic rings. The van der Waals surface area contributed by atoms with Crippen LogP contribution in [0, 0.1) is 5.92 Å². The zero-order valence-corrected chi connectivity index (χ0v) is 16.6. The van der Waals surface area contributed by atoms with Gasteiger partial charge in [-0.05, 0) is 30.2 Å². The van der Waals surface area contributed by atoms with Gasteiger partial charge in [0.05, 0.1) is 0 Å². The molecule has 0 aliphatic carbocycles. The van der Waals surface area contributed by atoms with E-state index in [0.717, 1.165) is 10.8 Å². The van der Waals surface area contributed by atoms with E-state index in [-0.39, 0.29) is 11.7 Å². The number of carbonyl (C=O) groups excluding carboxylic acids is 2. The monoisotopic (exact) mass is 431 g/mol. The highest BCUT2D eigenvalue weighted by atomic mass is 35.5. The molecule has 0 unspecified atom stereocenters. The summed E-state index contributed by atoms with van der Waals surface area (Å²) in [5, 5.41) is 3.09. The average molecular weight is 432 g/mol. The number of alkyl halides is 3. The summed E-state index contributed by atoms with van der Waals surface area (Å²) in [4.78, 5) is 28.8. The molecule has 29 heavy (non-hydrogen) atoms. The minimum atomic E-state index is -4.43. The molecule has 0 aliphatic heterocycles. The molecule has 1 aromatic heterocycles. The lowest BCUT2D eigenvalue weighted by Crippen LogP contribution is -2.46. The Kier molecular flexibility index (Phi) is 7.66. The molecule has 1 aromatic carbocycles. The number of aromatic nitrogens is 2. The Morgan fingerprint density at radius 1 is 1.28 bits per heavy atom. The third kappa shape index (κ3) is 6.77. The molecule has 6 nitrogen and oxygen atoms in total. The van der Waals surface area contributed by atoms with Crippen LogP contribution in [0.4, 0.5) is 13.2 Å². The number of hydrogen-bond acceptors (Lipinski definition) is 4. The number of ether oxygens (including phenoxy) is 1. The number of esters is 1. The predicted molar refractivity (Wildman–Crippen MR) is 100 cm³/mol. The summed E-state index contributed by atoms with van der Waals surface area (Å²) in [6.45, 7) is 1.93. The van der Waals surface area contributed by atoms with E-state index in [0.29, 0.717) is 17.0 Å². The maximum atomic E-state index is 12.6. The molecule has 2 atom stereocenters. The van der Waals surface area contributed by atoms with Crippen LogP contribution in [0.15, 0.2) is 36.7 Å². The van der Waals surface area contributed by atoms with Crippen LogP contribution in [0.1, 0.15) is 36.5 Å². The Labute approximate surface area is 171 Å². The Hall–Kier alpha value is -2.55. The molecule has 158 valence electrons. The van der Waals surface area contributed by atoms with Crippen LogP contribution in [0.3, 0.4) is 0 Å². The Balaban J connectivity index is 2.05. The van der Waals surface area contributed by atoms with Gasteiger partial charge in [-0.1, -0.05) is 31.9 Å². The van der Waals surface area contributed by atoms with E-state index < -0.39 is 37.2 Å². The summed E-state index contributed by atoms with van der Waals surface area (Å²) in [5.41, 5.74) is 0.316. The second-order valence-corrected chi connectivity index (χ2v) is 6.97. The number of nitrogens with one attached hydrogen (secondary N) is 1. The second kappa shape index (κ2) is 9.78. The first-order chi connectivity index (χ1) is 13.6. The molecule has 0 aliphatic rings. The number of amides is 1. The van der Waals surface area contributed by atoms with Crippen LogP contribution >= 0.6 is 11.6 Å². The number of benzene rings is 1. The van der Waals surface area contributed by atoms with Crippen molar-refractivity contribution in [1.29, 1.82) is 0 Å². The van der Waals surface area contributed by atoms with Crippen molar-refractivity contribution in [3.05, 3.63) is 53.1 Å². The molecule has 0 spiro atoms. The third-order valence-corrected chi connectivity index (χ3v) is 4.61. The van der Waals surface area contributed by atoms with Gasteiger partial charge in [-0.3, -0.25) is 4.79 Å². The SMILES string of the molecule is CC[C@H](C)[C@@H](NC(=O)c1ccc(Cl)cc1)C(=O)OCc1nccn1CC(F)(F)F. The molecule has 0 fully saturated rings. The minimum Gasteiger partial charge on any atom is -0.456 e. The summed E-state index contributed by atoms with van der Waals surface area (Å²) >= 11 is 5.80. The minimum absolute atomic E-state index is 0.0393. The van der Waals surface area contributed by atoms with Gasteiger partial charge in [0, 0.05) is 23.0 Å². The summed E-state index contributed by atoms with van der Waals surface area (Å²) < 4.78 is 43.8. The van der Waals surface area contributed by atoms with Crippen molar-refractivity contribution in [2.24, 2.45) is 5.92 Å². The fourth-order valence-corrected chi connectivity index (χ4v) is 2.66. The number of rotatable bonds is 8.